The lowest BCUT2D eigenvalue weighted by Crippen LogP contribution is -2.24. The third-order valence-electron chi connectivity index (χ3n) is 3.35. The zero-order valence-corrected chi connectivity index (χ0v) is 11.4. The summed E-state index contributed by atoms with van der Waals surface area (Å²) < 4.78 is 15.1. The Morgan fingerprint density at radius 1 is 1.37 bits per heavy atom. The van der Waals surface area contributed by atoms with E-state index in [0.717, 1.165) is 24.9 Å². The molecule has 19 heavy (non-hydrogen) atoms. The first-order chi connectivity index (χ1) is 9.20. The largest absolute Gasteiger partial charge is 0.310 e. The molecule has 1 atom stereocenters. The molecule has 0 aliphatic heterocycles. The van der Waals surface area contributed by atoms with E-state index in [4.69, 9.17) is 0 Å². The van der Waals surface area contributed by atoms with E-state index in [1.165, 1.54) is 11.8 Å². The summed E-state index contributed by atoms with van der Waals surface area (Å²) in [6.45, 7) is 2.96. The van der Waals surface area contributed by atoms with Crippen LogP contribution < -0.4 is 5.32 Å². The van der Waals surface area contributed by atoms with Gasteiger partial charge in [-0.2, -0.15) is 5.10 Å². The number of benzene rings is 1. The molecule has 1 aromatic carbocycles. The first-order valence-electron chi connectivity index (χ1n) is 6.66. The van der Waals surface area contributed by atoms with Crippen LogP contribution in [0.5, 0.6) is 0 Å². The van der Waals surface area contributed by atoms with Crippen LogP contribution in [0.4, 0.5) is 4.39 Å². The molecule has 0 fully saturated rings. The minimum Gasteiger partial charge on any atom is -0.310 e. The molecule has 1 N–H and O–H groups in total. The summed E-state index contributed by atoms with van der Waals surface area (Å²) in [6, 6.07) is 9.02. The highest BCUT2D eigenvalue weighted by Gasteiger charge is 2.09. The lowest BCUT2D eigenvalue weighted by atomic mass is 10.0. The van der Waals surface area contributed by atoms with Gasteiger partial charge in [0.2, 0.25) is 0 Å². The molecule has 0 bridgehead atoms. The average molecular weight is 261 g/mol. The summed E-state index contributed by atoms with van der Waals surface area (Å²) in [5.41, 5.74) is 2.20. The maximum Gasteiger partial charge on any atom is 0.123 e. The number of hydrogen-bond acceptors (Lipinski definition) is 2. The van der Waals surface area contributed by atoms with Gasteiger partial charge in [-0.3, -0.25) is 4.68 Å². The van der Waals surface area contributed by atoms with Gasteiger partial charge in [-0.1, -0.05) is 19.1 Å². The van der Waals surface area contributed by atoms with Crippen molar-refractivity contribution in [1.82, 2.24) is 15.1 Å². The second-order valence-corrected chi connectivity index (χ2v) is 4.67. The first kappa shape index (κ1) is 13.7. The van der Waals surface area contributed by atoms with Crippen molar-refractivity contribution in [2.75, 3.05) is 6.54 Å². The van der Waals surface area contributed by atoms with Gasteiger partial charge in [0, 0.05) is 37.9 Å². The van der Waals surface area contributed by atoms with Crippen molar-refractivity contribution in [2.24, 2.45) is 7.05 Å². The van der Waals surface area contributed by atoms with Crippen LogP contribution in [0.25, 0.3) is 0 Å². The molecule has 2 aromatic rings. The molecular formula is C15H20FN3. The van der Waals surface area contributed by atoms with Crippen molar-refractivity contribution in [2.45, 2.75) is 25.8 Å². The van der Waals surface area contributed by atoms with E-state index >= 15 is 0 Å². The lowest BCUT2D eigenvalue weighted by Gasteiger charge is -2.17. The van der Waals surface area contributed by atoms with Crippen LogP contribution in [0.1, 0.15) is 30.6 Å². The standard InChI is InChI=1S/C15H20FN3/c1-3-15(12-5-4-6-13(16)11-12)17-9-7-14-8-10-18-19(14)2/h4-6,8,10-11,15,17H,3,7,9H2,1-2H3. The number of aryl methyl sites for hydroxylation is 1. The van der Waals surface area contributed by atoms with E-state index in [1.807, 2.05) is 23.9 Å². The van der Waals surface area contributed by atoms with Crippen molar-refractivity contribution in [1.29, 1.82) is 0 Å². The highest BCUT2D eigenvalue weighted by atomic mass is 19.1. The van der Waals surface area contributed by atoms with Gasteiger partial charge in [-0.15, -0.1) is 0 Å². The zero-order chi connectivity index (χ0) is 13.7. The summed E-state index contributed by atoms with van der Waals surface area (Å²) in [5, 5.41) is 7.61. The molecule has 2 rings (SSSR count). The van der Waals surface area contributed by atoms with Crippen molar-refractivity contribution in [3.63, 3.8) is 0 Å². The fraction of sp³-hybridized carbons (Fsp3) is 0.400. The molecule has 0 amide bonds. The number of halogens is 1. The van der Waals surface area contributed by atoms with E-state index in [9.17, 15) is 4.39 Å². The van der Waals surface area contributed by atoms with Gasteiger partial charge in [0.15, 0.2) is 0 Å². The number of nitrogens with zero attached hydrogens (tertiary/aromatic N) is 2. The Kier molecular flexibility index (Phi) is 4.68. The van der Waals surface area contributed by atoms with Gasteiger partial charge in [-0.25, -0.2) is 4.39 Å². The Balaban J connectivity index is 1.91. The van der Waals surface area contributed by atoms with Crippen LogP contribution in [0.2, 0.25) is 0 Å². The fourth-order valence-corrected chi connectivity index (χ4v) is 2.24. The van der Waals surface area contributed by atoms with Crippen molar-refractivity contribution in [3.05, 3.63) is 53.6 Å². The third-order valence-corrected chi connectivity index (χ3v) is 3.35. The van der Waals surface area contributed by atoms with Crippen LogP contribution in [-0.2, 0) is 13.5 Å². The van der Waals surface area contributed by atoms with E-state index in [2.05, 4.69) is 17.3 Å². The minimum atomic E-state index is -0.176. The van der Waals surface area contributed by atoms with Crippen LogP contribution in [0, 0.1) is 5.82 Å². The molecule has 0 aliphatic rings. The fourth-order valence-electron chi connectivity index (χ4n) is 2.24. The molecule has 0 radical (unpaired) electrons. The van der Waals surface area contributed by atoms with E-state index in [1.54, 1.807) is 18.3 Å². The van der Waals surface area contributed by atoms with Gasteiger partial charge in [-0.05, 0) is 30.2 Å². The SMILES string of the molecule is CCC(NCCc1ccnn1C)c1cccc(F)c1. The third kappa shape index (κ3) is 3.64. The van der Waals surface area contributed by atoms with E-state index < -0.39 is 0 Å². The Labute approximate surface area is 113 Å². The number of hydrogen-bond donors (Lipinski definition) is 1. The topological polar surface area (TPSA) is 29.9 Å². The number of nitrogens with one attached hydrogen (secondary N) is 1. The minimum absolute atomic E-state index is 0.176. The quantitative estimate of drug-likeness (QED) is 0.866. The normalized spacial score (nSPS) is 12.6. The molecular weight excluding hydrogens is 241 g/mol. The summed E-state index contributed by atoms with van der Waals surface area (Å²) in [4.78, 5) is 0. The molecule has 0 aliphatic carbocycles. The maximum atomic E-state index is 13.2. The maximum absolute atomic E-state index is 13.2. The monoisotopic (exact) mass is 261 g/mol. The number of aromatic nitrogens is 2. The predicted octanol–water partition coefficient (Wildman–Crippen LogP) is 2.84. The van der Waals surface area contributed by atoms with E-state index in [-0.39, 0.29) is 11.9 Å². The van der Waals surface area contributed by atoms with Crippen LogP contribution in [0.15, 0.2) is 36.5 Å². The Morgan fingerprint density at radius 2 is 2.21 bits per heavy atom. The molecule has 3 nitrogen and oxygen atoms in total. The predicted molar refractivity (Wildman–Crippen MR) is 74.3 cm³/mol. The van der Waals surface area contributed by atoms with Gasteiger partial charge < -0.3 is 5.32 Å². The van der Waals surface area contributed by atoms with Crippen LogP contribution >= 0.6 is 0 Å². The highest BCUT2D eigenvalue weighted by Crippen LogP contribution is 2.17. The second kappa shape index (κ2) is 6.48. The zero-order valence-electron chi connectivity index (χ0n) is 11.4. The van der Waals surface area contributed by atoms with Crippen molar-refractivity contribution < 1.29 is 4.39 Å². The van der Waals surface area contributed by atoms with Crippen LogP contribution in [0.3, 0.4) is 0 Å². The van der Waals surface area contributed by atoms with Gasteiger partial charge in [0.05, 0.1) is 0 Å². The Bertz CT molecular complexity index is 522. The van der Waals surface area contributed by atoms with Crippen LogP contribution in [-0.4, -0.2) is 16.3 Å². The van der Waals surface area contributed by atoms with Crippen molar-refractivity contribution >= 4 is 0 Å². The summed E-state index contributed by atoms with van der Waals surface area (Å²) in [6.07, 6.45) is 3.66. The van der Waals surface area contributed by atoms with Gasteiger partial charge in [0.1, 0.15) is 5.82 Å². The summed E-state index contributed by atoms with van der Waals surface area (Å²) in [5.74, 6) is -0.176. The summed E-state index contributed by atoms with van der Waals surface area (Å²) >= 11 is 0. The van der Waals surface area contributed by atoms with Crippen molar-refractivity contribution in [3.8, 4) is 0 Å². The summed E-state index contributed by atoms with van der Waals surface area (Å²) in [7, 11) is 1.94. The molecule has 4 heteroatoms. The second-order valence-electron chi connectivity index (χ2n) is 4.67. The molecule has 102 valence electrons. The van der Waals surface area contributed by atoms with Gasteiger partial charge in [0.25, 0.3) is 0 Å². The smallest absolute Gasteiger partial charge is 0.123 e. The van der Waals surface area contributed by atoms with E-state index in [0.29, 0.717) is 0 Å². The molecule has 0 saturated carbocycles. The molecule has 1 unspecified atom stereocenters. The Morgan fingerprint density at radius 3 is 2.84 bits per heavy atom. The molecule has 0 saturated heterocycles. The Hall–Kier alpha value is -1.68. The molecule has 0 spiro atoms. The van der Waals surface area contributed by atoms with Gasteiger partial charge >= 0.3 is 0 Å². The first-order valence-corrected chi connectivity index (χ1v) is 6.66. The highest BCUT2D eigenvalue weighted by molar-refractivity contribution is 5.20. The molecule has 1 aromatic heterocycles. The lowest BCUT2D eigenvalue weighted by molar-refractivity contribution is 0.511. The average Bonchev–Trinajstić information content (AvgIpc) is 2.80. The molecule has 1 heterocycles. The number of rotatable bonds is 6.